The van der Waals surface area contributed by atoms with Crippen molar-refractivity contribution in [1.82, 2.24) is 15.0 Å². The van der Waals surface area contributed by atoms with E-state index >= 15 is 0 Å². The van der Waals surface area contributed by atoms with E-state index in [1.54, 1.807) is 4.68 Å². The molecule has 0 amide bonds. The van der Waals surface area contributed by atoms with E-state index in [9.17, 15) is 4.79 Å². The van der Waals surface area contributed by atoms with Gasteiger partial charge in [-0.1, -0.05) is 40.6 Å². The maximum absolute atomic E-state index is 11.1. The summed E-state index contributed by atoms with van der Waals surface area (Å²) in [6.45, 7) is 1.99. The minimum atomic E-state index is -1.04. The van der Waals surface area contributed by atoms with Gasteiger partial charge in [0.05, 0.1) is 11.4 Å². The lowest BCUT2D eigenvalue weighted by Gasteiger charge is -2.06. The quantitative estimate of drug-likeness (QED) is 0.943. The van der Waals surface area contributed by atoms with E-state index in [1.807, 2.05) is 31.2 Å². The molecule has 0 bridgehead atoms. The zero-order chi connectivity index (χ0) is 13.1. The molecule has 2 aromatic rings. The number of hydrogen-bond acceptors (Lipinski definition) is 3. The Hall–Kier alpha value is -1.69. The average molecular weight is 310 g/mol. The first kappa shape index (κ1) is 12.8. The molecule has 0 aliphatic rings. The van der Waals surface area contributed by atoms with E-state index in [2.05, 4.69) is 26.2 Å². The Morgan fingerprint density at radius 2 is 2.28 bits per heavy atom. The molecule has 0 saturated carbocycles. The second kappa shape index (κ2) is 5.30. The van der Waals surface area contributed by atoms with Crippen LogP contribution in [0.1, 0.15) is 29.5 Å². The topological polar surface area (TPSA) is 68.0 Å². The summed E-state index contributed by atoms with van der Waals surface area (Å²) in [6, 6.07) is 7.51. The summed E-state index contributed by atoms with van der Waals surface area (Å²) in [5.41, 5.74) is 1.45. The molecule has 94 valence electrons. The molecule has 1 aromatic heterocycles. The van der Waals surface area contributed by atoms with E-state index in [0.717, 1.165) is 16.6 Å². The lowest BCUT2D eigenvalue weighted by Crippen LogP contribution is -2.06. The summed E-state index contributed by atoms with van der Waals surface area (Å²) in [4.78, 5) is 11.1. The molecule has 0 spiro atoms. The van der Waals surface area contributed by atoms with Crippen molar-refractivity contribution in [1.29, 1.82) is 0 Å². The standard InChI is InChI=1S/C12H12BrN3O2/c1-2-4-10-11(12(17)18)14-15-16(10)9-6-3-5-8(13)7-9/h3,5-7H,2,4H2,1H3,(H,17,18). The number of carboxylic acids is 1. The average Bonchev–Trinajstić information content (AvgIpc) is 2.73. The van der Waals surface area contributed by atoms with Gasteiger partial charge >= 0.3 is 5.97 Å². The molecule has 0 fully saturated rings. The number of carbonyl (C=O) groups is 1. The number of hydrogen-bond donors (Lipinski definition) is 1. The first-order valence-corrected chi connectivity index (χ1v) is 6.36. The molecule has 1 N–H and O–H groups in total. The van der Waals surface area contributed by atoms with Crippen LogP contribution in [0.2, 0.25) is 0 Å². The normalized spacial score (nSPS) is 10.6. The lowest BCUT2D eigenvalue weighted by molar-refractivity contribution is 0.0689. The molecular formula is C12H12BrN3O2. The van der Waals surface area contributed by atoms with Crippen molar-refractivity contribution >= 4 is 21.9 Å². The van der Waals surface area contributed by atoms with E-state index in [-0.39, 0.29) is 5.69 Å². The summed E-state index contributed by atoms with van der Waals surface area (Å²) >= 11 is 3.38. The van der Waals surface area contributed by atoms with E-state index in [1.165, 1.54) is 0 Å². The van der Waals surface area contributed by atoms with Crippen molar-refractivity contribution in [3.05, 3.63) is 40.1 Å². The predicted molar refractivity (Wildman–Crippen MR) is 70.0 cm³/mol. The number of halogens is 1. The highest BCUT2D eigenvalue weighted by atomic mass is 79.9. The van der Waals surface area contributed by atoms with E-state index < -0.39 is 5.97 Å². The summed E-state index contributed by atoms with van der Waals surface area (Å²) in [7, 11) is 0. The lowest BCUT2D eigenvalue weighted by atomic mass is 10.2. The number of nitrogens with zero attached hydrogens (tertiary/aromatic N) is 3. The SMILES string of the molecule is CCCc1c(C(=O)O)nnn1-c1cccc(Br)c1. The van der Waals surface area contributed by atoms with Crippen molar-refractivity contribution < 1.29 is 9.90 Å². The fourth-order valence-corrected chi connectivity index (χ4v) is 2.13. The minimum Gasteiger partial charge on any atom is -0.476 e. The Morgan fingerprint density at radius 3 is 2.89 bits per heavy atom. The molecule has 0 saturated heterocycles. The van der Waals surface area contributed by atoms with Crippen molar-refractivity contribution in [2.75, 3.05) is 0 Å². The Morgan fingerprint density at radius 1 is 1.50 bits per heavy atom. The van der Waals surface area contributed by atoms with Crippen LogP contribution in [-0.4, -0.2) is 26.1 Å². The second-order valence-electron chi connectivity index (χ2n) is 3.83. The number of aromatic nitrogens is 3. The number of benzene rings is 1. The van der Waals surface area contributed by atoms with Crippen LogP contribution in [0.3, 0.4) is 0 Å². The van der Waals surface area contributed by atoms with Gasteiger partial charge in [0.1, 0.15) is 0 Å². The van der Waals surface area contributed by atoms with Gasteiger partial charge in [-0.25, -0.2) is 9.48 Å². The van der Waals surface area contributed by atoms with Crippen molar-refractivity contribution in [2.24, 2.45) is 0 Å². The molecule has 1 heterocycles. The van der Waals surface area contributed by atoms with Crippen LogP contribution in [0.5, 0.6) is 0 Å². The smallest absolute Gasteiger partial charge is 0.358 e. The van der Waals surface area contributed by atoms with Gasteiger partial charge in [0.25, 0.3) is 0 Å². The Bertz CT molecular complexity index is 580. The highest BCUT2D eigenvalue weighted by Crippen LogP contribution is 2.18. The fraction of sp³-hybridized carbons (Fsp3) is 0.250. The van der Waals surface area contributed by atoms with Crippen LogP contribution >= 0.6 is 15.9 Å². The first-order chi connectivity index (χ1) is 8.63. The van der Waals surface area contributed by atoms with Crippen LogP contribution in [0, 0.1) is 0 Å². The first-order valence-electron chi connectivity index (χ1n) is 5.57. The molecule has 0 radical (unpaired) electrons. The second-order valence-corrected chi connectivity index (χ2v) is 4.75. The third kappa shape index (κ3) is 2.43. The Kier molecular flexibility index (Phi) is 3.76. The maximum atomic E-state index is 11.1. The number of carboxylic acid groups (broad SMARTS) is 1. The van der Waals surface area contributed by atoms with E-state index in [0.29, 0.717) is 12.1 Å². The largest absolute Gasteiger partial charge is 0.476 e. The Labute approximate surface area is 113 Å². The molecule has 0 unspecified atom stereocenters. The number of aromatic carboxylic acids is 1. The van der Waals surface area contributed by atoms with Gasteiger partial charge in [-0.05, 0) is 24.6 Å². The zero-order valence-corrected chi connectivity index (χ0v) is 11.4. The third-order valence-corrected chi connectivity index (χ3v) is 3.00. The monoisotopic (exact) mass is 309 g/mol. The minimum absolute atomic E-state index is 0.0248. The van der Waals surface area contributed by atoms with Gasteiger partial charge in [0.2, 0.25) is 0 Å². The maximum Gasteiger partial charge on any atom is 0.358 e. The van der Waals surface area contributed by atoms with Gasteiger partial charge in [-0.2, -0.15) is 0 Å². The highest BCUT2D eigenvalue weighted by Gasteiger charge is 2.18. The molecule has 1 aromatic carbocycles. The van der Waals surface area contributed by atoms with Gasteiger partial charge in [-0.15, -0.1) is 5.10 Å². The van der Waals surface area contributed by atoms with Crippen molar-refractivity contribution in [2.45, 2.75) is 19.8 Å². The molecular weight excluding hydrogens is 298 g/mol. The Balaban J connectivity index is 2.54. The molecule has 0 aliphatic carbocycles. The summed E-state index contributed by atoms with van der Waals surface area (Å²) in [6.07, 6.45) is 1.46. The summed E-state index contributed by atoms with van der Waals surface area (Å²) in [5.74, 6) is -1.04. The third-order valence-electron chi connectivity index (χ3n) is 2.51. The highest BCUT2D eigenvalue weighted by molar-refractivity contribution is 9.10. The van der Waals surface area contributed by atoms with Crippen molar-refractivity contribution in [3.63, 3.8) is 0 Å². The summed E-state index contributed by atoms with van der Waals surface area (Å²) in [5, 5.41) is 16.8. The van der Waals surface area contributed by atoms with Gasteiger partial charge in [-0.3, -0.25) is 0 Å². The van der Waals surface area contributed by atoms with Crippen LogP contribution in [0.4, 0.5) is 0 Å². The van der Waals surface area contributed by atoms with Gasteiger partial charge in [0, 0.05) is 4.47 Å². The van der Waals surface area contributed by atoms with Crippen LogP contribution in [-0.2, 0) is 6.42 Å². The summed E-state index contributed by atoms with van der Waals surface area (Å²) < 4.78 is 2.49. The predicted octanol–water partition coefficient (Wildman–Crippen LogP) is 2.68. The molecule has 2 rings (SSSR count). The fourth-order valence-electron chi connectivity index (χ4n) is 1.74. The molecule has 0 atom stereocenters. The molecule has 18 heavy (non-hydrogen) atoms. The zero-order valence-electron chi connectivity index (χ0n) is 9.80. The van der Waals surface area contributed by atoms with Crippen LogP contribution in [0.15, 0.2) is 28.7 Å². The van der Waals surface area contributed by atoms with E-state index in [4.69, 9.17) is 5.11 Å². The van der Waals surface area contributed by atoms with Gasteiger partial charge < -0.3 is 5.11 Å². The molecule has 5 nitrogen and oxygen atoms in total. The van der Waals surface area contributed by atoms with Crippen molar-refractivity contribution in [3.8, 4) is 5.69 Å². The van der Waals surface area contributed by atoms with Gasteiger partial charge in [0.15, 0.2) is 5.69 Å². The molecule has 6 heteroatoms. The number of rotatable bonds is 4. The van der Waals surface area contributed by atoms with Crippen LogP contribution < -0.4 is 0 Å². The molecule has 0 aliphatic heterocycles. The van der Waals surface area contributed by atoms with Crippen LogP contribution in [0.25, 0.3) is 5.69 Å².